The minimum absolute atomic E-state index is 0.700. The summed E-state index contributed by atoms with van der Waals surface area (Å²) in [6.07, 6.45) is 6.13. The summed E-state index contributed by atoms with van der Waals surface area (Å²) in [5.74, 6) is 1.53. The molecule has 0 radical (unpaired) electrons. The lowest BCUT2D eigenvalue weighted by Crippen LogP contribution is -2.06. The monoisotopic (exact) mass is 189 g/mol. The third kappa shape index (κ3) is 1.41. The van der Waals surface area contributed by atoms with Crippen molar-refractivity contribution in [1.82, 2.24) is 20.2 Å². The molecule has 1 saturated carbocycles. The first kappa shape index (κ1) is 7.73. The Labute approximate surface area is 81.0 Å². The van der Waals surface area contributed by atoms with Gasteiger partial charge in [0, 0.05) is 6.54 Å². The van der Waals surface area contributed by atoms with Crippen LogP contribution in [0, 0.1) is 5.92 Å². The molecule has 0 spiro atoms. The van der Waals surface area contributed by atoms with Crippen LogP contribution in [0.5, 0.6) is 0 Å². The second kappa shape index (κ2) is 2.94. The van der Waals surface area contributed by atoms with E-state index in [2.05, 4.69) is 25.5 Å². The largest absolute Gasteiger partial charge is 0.354 e. The lowest BCUT2D eigenvalue weighted by molar-refractivity contribution is 0.875. The maximum Gasteiger partial charge on any atom is 0.223 e. The van der Waals surface area contributed by atoms with E-state index < -0.39 is 0 Å². The van der Waals surface area contributed by atoms with Crippen molar-refractivity contribution in [3.8, 4) is 0 Å². The number of nitrogens with one attached hydrogen (secondary N) is 2. The summed E-state index contributed by atoms with van der Waals surface area (Å²) in [6, 6.07) is 0. The molecule has 5 heteroatoms. The Hall–Kier alpha value is -1.65. The van der Waals surface area contributed by atoms with E-state index in [0.29, 0.717) is 5.95 Å². The number of nitrogens with zero attached hydrogens (tertiary/aromatic N) is 3. The van der Waals surface area contributed by atoms with Gasteiger partial charge < -0.3 is 5.32 Å². The van der Waals surface area contributed by atoms with E-state index in [-0.39, 0.29) is 0 Å². The Morgan fingerprint density at radius 3 is 3.21 bits per heavy atom. The molecule has 14 heavy (non-hydrogen) atoms. The zero-order chi connectivity index (χ0) is 9.38. The summed E-state index contributed by atoms with van der Waals surface area (Å²) in [7, 11) is 0. The molecule has 2 aromatic rings. The number of fused-ring (bicyclic) bond motifs is 1. The van der Waals surface area contributed by atoms with Crippen molar-refractivity contribution in [2.24, 2.45) is 5.92 Å². The molecule has 2 heterocycles. The molecule has 0 saturated heterocycles. The molecule has 1 aliphatic rings. The van der Waals surface area contributed by atoms with Crippen LogP contribution in [-0.2, 0) is 0 Å². The number of rotatable bonds is 3. The smallest absolute Gasteiger partial charge is 0.223 e. The van der Waals surface area contributed by atoms with Gasteiger partial charge in [-0.25, -0.2) is 9.97 Å². The number of hydrogen-bond acceptors (Lipinski definition) is 4. The number of aromatic amines is 1. The third-order valence-electron chi connectivity index (χ3n) is 2.44. The van der Waals surface area contributed by atoms with E-state index >= 15 is 0 Å². The van der Waals surface area contributed by atoms with Gasteiger partial charge in [-0.15, -0.1) is 0 Å². The predicted molar refractivity (Wildman–Crippen MR) is 52.9 cm³/mol. The molecule has 0 unspecified atom stereocenters. The summed E-state index contributed by atoms with van der Waals surface area (Å²) in [6.45, 7) is 0.989. The van der Waals surface area contributed by atoms with Crippen molar-refractivity contribution < 1.29 is 0 Å². The van der Waals surface area contributed by atoms with E-state index in [4.69, 9.17) is 0 Å². The maximum atomic E-state index is 4.32. The van der Waals surface area contributed by atoms with E-state index in [1.165, 1.54) is 12.8 Å². The molecule has 1 fully saturated rings. The molecular formula is C9H11N5. The highest BCUT2D eigenvalue weighted by molar-refractivity contribution is 5.73. The molecule has 0 amide bonds. The van der Waals surface area contributed by atoms with Gasteiger partial charge in [-0.2, -0.15) is 5.10 Å². The lowest BCUT2D eigenvalue weighted by Gasteiger charge is -2.01. The molecule has 2 N–H and O–H groups in total. The average Bonchev–Trinajstić information content (AvgIpc) is 2.92. The van der Waals surface area contributed by atoms with Gasteiger partial charge in [0.2, 0.25) is 5.95 Å². The number of H-pyrrole nitrogens is 1. The van der Waals surface area contributed by atoms with Crippen molar-refractivity contribution in [3.05, 3.63) is 12.4 Å². The Kier molecular flexibility index (Phi) is 1.62. The van der Waals surface area contributed by atoms with Gasteiger partial charge in [-0.3, -0.25) is 5.10 Å². The lowest BCUT2D eigenvalue weighted by atomic mass is 10.4. The van der Waals surface area contributed by atoms with Crippen LogP contribution in [0.25, 0.3) is 11.0 Å². The van der Waals surface area contributed by atoms with E-state index in [1.54, 1.807) is 12.4 Å². The quantitative estimate of drug-likeness (QED) is 0.760. The first-order valence-corrected chi connectivity index (χ1v) is 4.82. The van der Waals surface area contributed by atoms with Crippen molar-refractivity contribution in [1.29, 1.82) is 0 Å². The second-order valence-corrected chi connectivity index (χ2v) is 3.69. The molecule has 0 aromatic carbocycles. The molecule has 2 aromatic heterocycles. The highest BCUT2D eigenvalue weighted by Crippen LogP contribution is 2.28. The van der Waals surface area contributed by atoms with Crippen LogP contribution in [0.15, 0.2) is 12.4 Å². The van der Waals surface area contributed by atoms with E-state index in [0.717, 1.165) is 23.5 Å². The summed E-state index contributed by atoms with van der Waals surface area (Å²) in [4.78, 5) is 8.50. The average molecular weight is 189 g/mol. The molecule has 0 aliphatic heterocycles. The summed E-state index contributed by atoms with van der Waals surface area (Å²) < 4.78 is 0. The van der Waals surface area contributed by atoms with Crippen LogP contribution < -0.4 is 5.32 Å². The maximum absolute atomic E-state index is 4.32. The van der Waals surface area contributed by atoms with Gasteiger partial charge >= 0.3 is 0 Å². The highest BCUT2D eigenvalue weighted by Gasteiger charge is 2.20. The Morgan fingerprint density at radius 2 is 2.36 bits per heavy atom. The fourth-order valence-electron chi connectivity index (χ4n) is 1.39. The molecule has 0 bridgehead atoms. The molecule has 72 valence electrons. The molecular weight excluding hydrogens is 178 g/mol. The van der Waals surface area contributed by atoms with Crippen LogP contribution >= 0.6 is 0 Å². The van der Waals surface area contributed by atoms with E-state index in [1.807, 2.05) is 0 Å². The zero-order valence-corrected chi connectivity index (χ0v) is 7.70. The first-order valence-electron chi connectivity index (χ1n) is 4.82. The zero-order valence-electron chi connectivity index (χ0n) is 7.70. The van der Waals surface area contributed by atoms with Crippen molar-refractivity contribution in [3.63, 3.8) is 0 Å². The number of anilines is 1. The van der Waals surface area contributed by atoms with Crippen molar-refractivity contribution >= 4 is 17.0 Å². The van der Waals surface area contributed by atoms with Gasteiger partial charge in [-0.1, -0.05) is 0 Å². The van der Waals surface area contributed by atoms with Crippen LogP contribution in [0.1, 0.15) is 12.8 Å². The number of hydrogen-bond donors (Lipinski definition) is 2. The summed E-state index contributed by atoms with van der Waals surface area (Å²) in [5, 5.41) is 9.94. The van der Waals surface area contributed by atoms with Crippen LogP contribution in [-0.4, -0.2) is 26.7 Å². The second-order valence-electron chi connectivity index (χ2n) is 3.69. The van der Waals surface area contributed by atoms with Crippen molar-refractivity contribution in [2.75, 3.05) is 11.9 Å². The van der Waals surface area contributed by atoms with Gasteiger partial charge in [0.05, 0.1) is 12.4 Å². The minimum Gasteiger partial charge on any atom is -0.354 e. The van der Waals surface area contributed by atoms with Gasteiger partial charge in [0.25, 0.3) is 0 Å². The first-order chi connectivity index (χ1) is 6.92. The van der Waals surface area contributed by atoms with Crippen LogP contribution in [0.2, 0.25) is 0 Å². The predicted octanol–water partition coefficient (Wildman–Crippen LogP) is 1.17. The topological polar surface area (TPSA) is 66.5 Å². The fourth-order valence-corrected chi connectivity index (χ4v) is 1.39. The summed E-state index contributed by atoms with van der Waals surface area (Å²) >= 11 is 0. The minimum atomic E-state index is 0.700. The van der Waals surface area contributed by atoms with Crippen LogP contribution in [0.3, 0.4) is 0 Å². The Bertz CT molecular complexity index is 445. The molecule has 3 rings (SSSR count). The standard InChI is InChI=1S/C9H11N5/c1-2-6(1)3-10-9-11-4-8-7(13-9)5-12-14-8/h4-6H,1-3H2,(H,12,14)(H,10,11,13). The van der Waals surface area contributed by atoms with Crippen molar-refractivity contribution in [2.45, 2.75) is 12.8 Å². The van der Waals surface area contributed by atoms with Crippen LogP contribution in [0.4, 0.5) is 5.95 Å². The van der Waals surface area contributed by atoms with Gasteiger partial charge in [0.1, 0.15) is 11.0 Å². The number of aromatic nitrogens is 4. The Morgan fingerprint density at radius 1 is 1.43 bits per heavy atom. The third-order valence-corrected chi connectivity index (χ3v) is 2.44. The molecule has 0 atom stereocenters. The Balaban J connectivity index is 1.81. The molecule has 1 aliphatic carbocycles. The highest BCUT2D eigenvalue weighted by atomic mass is 15.2. The SMILES string of the molecule is c1n[nH]c2cnc(NCC3CC3)nc12. The normalized spacial score (nSPS) is 16.0. The molecule has 5 nitrogen and oxygen atoms in total. The van der Waals surface area contributed by atoms with Gasteiger partial charge in [-0.05, 0) is 18.8 Å². The van der Waals surface area contributed by atoms with E-state index in [9.17, 15) is 0 Å². The van der Waals surface area contributed by atoms with Gasteiger partial charge in [0.15, 0.2) is 0 Å². The fraction of sp³-hybridized carbons (Fsp3) is 0.444. The summed E-state index contributed by atoms with van der Waals surface area (Å²) in [5.41, 5.74) is 1.74.